The van der Waals surface area contributed by atoms with Crippen molar-refractivity contribution in [2.45, 2.75) is 19.4 Å². The monoisotopic (exact) mass is 208 g/mol. The zero-order valence-electron chi connectivity index (χ0n) is 8.80. The van der Waals surface area contributed by atoms with Gasteiger partial charge in [0.25, 0.3) is 0 Å². The number of halogens is 1. The largest absolute Gasteiger partial charge is 0.383 e. The molecule has 1 saturated heterocycles. The highest BCUT2D eigenvalue weighted by Gasteiger charge is 2.28. The Labute approximate surface area is 87.2 Å². The number of nitrogens with one attached hydrogen (secondary N) is 1. The third kappa shape index (κ3) is 3.81. The molecule has 80 valence electrons. The second kappa shape index (κ2) is 5.81. The van der Waals surface area contributed by atoms with Crippen molar-refractivity contribution in [3.63, 3.8) is 0 Å². The minimum atomic E-state index is 0. The van der Waals surface area contributed by atoms with E-state index < -0.39 is 0 Å². The van der Waals surface area contributed by atoms with Crippen LogP contribution in [0.4, 0.5) is 0 Å². The maximum Gasteiger partial charge on any atom is 0.0589 e. The van der Waals surface area contributed by atoms with Gasteiger partial charge in [0.1, 0.15) is 0 Å². The van der Waals surface area contributed by atoms with E-state index in [0.29, 0.717) is 0 Å². The van der Waals surface area contributed by atoms with Gasteiger partial charge in [0.15, 0.2) is 0 Å². The molecule has 1 aliphatic heterocycles. The fraction of sp³-hybridized carbons (Fsp3) is 1.00. The Hall–Kier alpha value is 0.170. The van der Waals surface area contributed by atoms with Crippen molar-refractivity contribution >= 4 is 12.4 Å². The molecule has 0 radical (unpaired) electrons. The summed E-state index contributed by atoms with van der Waals surface area (Å²) in [6, 6.07) is 0. The molecule has 1 N–H and O–H groups in total. The summed E-state index contributed by atoms with van der Waals surface area (Å²) in [6.07, 6.45) is 0. The summed E-state index contributed by atoms with van der Waals surface area (Å²) in [5.74, 6) is 0. The van der Waals surface area contributed by atoms with Crippen LogP contribution >= 0.6 is 12.4 Å². The highest BCUT2D eigenvalue weighted by atomic mass is 35.5. The van der Waals surface area contributed by atoms with Crippen LogP contribution in [0.3, 0.4) is 0 Å². The Morgan fingerprint density at radius 3 is 2.69 bits per heavy atom. The molecule has 3 nitrogen and oxygen atoms in total. The predicted octanol–water partition coefficient (Wildman–Crippen LogP) is 0.738. The summed E-state index contributed by atoms with van der Waals surface area (Å²) in [5, 5.41) is 3.40. The summed E-state index contributed by atoms with van der Waals surface area (Å²) in [4.78, 5) is 2.48. The van der Waals surface area contributed by atoms with Gasteiger partial charge in [-0.15, -0.1) is 12.4 Å². The van der Waals surface area contributed by atoms with E-state index in [1.807, 2.05) is 0 Å². The molecule has 0 aliphatic carbocycles. The van der Waals surface area contributed by atoms with Crippen molar-refractivity contribution in [1.82, 2.24) is 10.2 Å². The van der Waals surface area contributed by atoms with Gasteiger partial charge in [-0.1, -0.05) is 0 Å². The van der Waals surface area contributed by atoms with Crippen LogP contribution in [-0.4, -0.2) is 50.3 Å². The first kappa shape index (κ1) is 13.2. The van der Waals surface area contributed by atoms with Gasteiger partial charge in [-0.25, -0.2) is 0 Å². The minimum absolute atomic E-state index is 0. The number of rotatable bonds is 3. The molecule has 1 aliphatic rings. The minimum Gasteiger partial charge on any atom is -0.383 e. The lowest BCUT2D eigenvalue weighted by Gasteiger charge is -2.42. The second-order valence-corrected chi connectivity index (χ2v) is 3.97. The summed E-state index contributed by atoms with van der Waals surface area (Å²) in [5.41, 5.74) is 0.288. The van der Waals surface area contributed by atoms with Crippen molar-refractivity contribution in [2.75, 3.05) is 39.9 Å². The molecule has 0 saturated carbocycles. The van der Waals surface area contributed by atoms with Crippen molar-refractivity contribution < 1.29 is 4.74 Å². The normalized spacial score (nSPS) is 22.4. The highest BCUT2D eigenvalue weighted by molar-refractivity contribution is 5.85. The molecular formula is C9H21ClN2O. The Balaban J connectivity index is 0.00000144. The fourth-order valence-electron chi connectivity index (χ4n) is 1.64. The Kier molecular flexibility index (Phi) is 5.88. The van der Waals surface area contributed by atoms with Crippen molar-refractivity contribution in [3.05, 3.63) is 0 Å². The smallest absolute Gasteiger partial charge is 0.0589 e. The summed E-state index contributed by atoms with van der Waals surface area (Å²) in [6.45, 7) is 9.75. The first-order valence-electron chi connectivity index (χ1n) is 4.61. The quantitative estimate of drug-likeness (QED) is 0.741. The van der Waals surface area contributed by atoms with Gasteiger partial charge >= 0.3 is 0 Å². The van der Waals surface area contributed by atoms with Crippen LogP contribution in [0.15, 0.2) is 0 Å². The van der Waals surface area contributed by atoms with E-state index in [1.54, 1.807) is 7.11 Å². The van der Waals surface area contributed by atoms with E-state index in [1.165, 1.54) is 0 Å². The summed E-state index contributed by atoms with van der Waals surface area (Å²) >= 11 is 0. The molecule has 0 atom stereocenters. The van der Waals surface area contributed by atoms with Gasteiger partial charge in [0.05, 0.1) is 6.61 Å². The van der Waals surface area contributed by atoms with E-state index in [-0.39, 0.29) is 17.9 Å². The van der Waals surface area contributed by atoms with Crippen LogP contribution in [0.25, 0.3) is 0 Å². The van der Waals surface area contributed by atoms with Gasteiger partial charge < -0.3 is 10.1 Å². The molecule has 13 heavy (non-hydrogen) atoms. The molecule has 0 unspecified atom stereocenters. The maximum absolute atomic E-state index is 5.08. The van der Waals surface area contributed by atoms with Crippen molar-refractivity contribution in [1.29, 1.82) is 0 Å². The first-order chi connectivity index (χ1) is 5.67. The van der Waals surface area contributed by atoms with E-state index in [2.05, 4.69) is 24.1 Å². The zero-order chi connectivity index (χ0) is 9.03. The molecule has 4 heteroatoms. The van der Waals surface area contributed by atoms with Crippen molar-refractivity contribution in [3.8, 4) is 0 Å². The van der Waals surface area contributed by atoms with Crippen LogP contribution in [0.1, 0.15) is 13.8 Å². The topological polar surface area (TPSA) is 24.5 Å². The number of hydrogen-bond donors (Lipinski definition) is 1. The van der Waals surface area contributed by atoms with Gasteiger partial charge in [0.2, 0.25) is 0 Å². The average molecular weight is 209 g/mol. The standard InChI is InChI=1S/C9H20N2O.ClH/c1-9(2)8-10-4-5-11(9)6-7-12-3;/h10H,4-8H2,1-3H3;1H. The number of ether oxygens (including phenoxy) is 1. The van der Waals surface area contributed by atoms with Gasteiger partial charge in [-0.3, -0.25) is 4.90 Å². The molecule has 0 amide bonds. The van der Waals surface area contributed by atoms with Crippen molar-refractivity contribution in [2.24, 2.45) is 0 Å². The molecule has 0 bridgehead atoms. The number of hydrogen-bond acceptors (Lipinski definition) is 3. The van der Waals surface area contributed by atoms with Crippen LogP contribution < -0.4 is 5.32 Å². The number of methoxy groups -OCH3 is 1. The number of nitrogens with zero attached hydrogens (tertiary/aromatic N) is 1. The van der Waals surface area contributed by atoms with E-state index >= 15 is 0 Å². The SMILES string of the molecule is COCCN1CCNCC1(C)C.Cl. The molecular weight excluding hydrogens is 188 g/mol. The third-order valence-electron chi connectivity index (χ3n) is 2.54. The Morgan fingerprint density at radius 1 is 1.46 bits per heavy atom. The van der Waals surface area contributed by atoms with Crippen LogP contribution in [0.5, 0.6) is 0 Å². The average Bonchev–Trinajstić information content (AvgIpc) is 2.02. The van der Waals surface area contributed by atoms with Crippen LogP contribution in [-0.2, 0) is 4.74 Å². The summed E-state index contributed by atoms with van der Waals surface area (Å²) in [7, 11) is 1.76. The molecule has 1 fully saturated rings. The third-order valence-corrected chi connectivity index (χ3v) is 2.54. The molecule has 1 rings (SSSR count). The van der Waals surface area contributed by atoms with Gasteiger partial charge in [0, 0.05) is 38.8 Å². The van der Waals surface area contributed by atoms with Gasteiger partial charge in [-0.05, 0) is 13.8 Å². The number of piperazine rings is 1. The van der Waals surface area contributed by atoms with Crippen LogP contribution in [0.2, 0.25) is 0 Å². The second-order valence-electron chi connectivity index (χ2n) is 3.97. The lowest BCUT2D eigenvalue weighted by Crippen LogP contribution is -2.58. The first-order valence-corrected chi connectivity index (χ1v) is 4.61. The molecule has 1 heterocycles. The van der Waals surface area contributed by atoms with E-state index in [9.17, 15) is 0 Å². The molecule has 0 aromatic heterocycles. The Bertz CT molecular complexity index is 142. The lowest BCUT2D eigenvalue weighted by molar-refractivity contribution is 0.0580. The van der Waals surface area contributed by atoms with E-state index in [0.717, 1.165) is 32.8 Å². The predicted molar refractivity (Wildman–Crippen MR) is 57.6 cm³/mol. The molecule has 0 aromatic rings. The maximum atomic E-state index is 5.08. The van der Waals surface area contributed by atoms with Crippen LogP contribution in [0, 0.1) is 0 Å². The lowest BCUT2D eigenvalue weighted by atomic mass is 10.0. The summed E-state index contributed by atoms with van der Waals surface area (Å²) < 4.78 is 5.08. The van der Waals surface area contributed by atoms with E-state index in [4.69, 9.17) is 4.74 Å². The fourth-order valence-corrected chi connectivity index (χ4v) is 1.64. The Morgan fingerprint density at radius 2 is 2.15 bits per heavy atom. The molecule has 0 aromatic carbocycles. The highest BCUT2D eigenvalue weighted by Crippen LogP contribution is 2.14. The molecule has 0 spiro atoms. The van der Waals surface area contributed by atoms with Gasteiger partial charge in [-0.2, -0.15) is 0 Å². The zero-order valence-corrected chi connectivity index (χ0v) is 9.62.